The van der Waals surface area contributed by atoms with Crippen molar-refractivity contribution >= 4 is 33.5 Å². The largest absolute Gasteiger partial charge is 0.480 e. The van der Waals surface area contributed by atoms with Gasteiger partial charge < -0.3 is 10.4 Å². The Morgan fingerprint density at radius 2 is 1.80 bits per heavy atom. The number of carbonyl (C=O) groups excluding carboxylic acids is 1. The van der Waals surface area contributed by atoms with Gasteiger partial charge in [0, 0.05) is 4.90 Å². The third kappa shape index (κ3) is 6.04. The summed E-state index contributed by atoms with van der Waals surface area (Å²) in [5, 5.41) is 11.1. The van der Waals surface area contributed by atoms with Gasteiger partial charge in [0.25, 0.3) is 0 Å². The average Bonchev–Trinajstić information content (AvgIpc) is 2.51. The van der Waals surface area contributed by atoms with Crippen LogP contribution in [0.3, 0.4) is 0 Å². The third-order valence-corrected chi connectivity index (χ3v) is 6.84. The Morgan fingerprint density at radius 3 is 2.32 bits per heavy atom. The molecule has 1 amide bonds. The lowest BCUT2D eigenvalue weighted by atomic mass is 10.0. The molecule has 1 aromatic rings. The number of amides is 1. The molecule has 0 radical (unpaired) electrons. The second-order valence-corrected chi connectivity index (χ2v) is 9.55. The number of carboxylic acids is 1. The fraction of sp³-hybridized carbons (Fsp3) is 0.529. The van der Waals surface area contributed by atoms with E-state index in [1.807, 2.05) is 0 Å². The highest BCUT2D eigenvalue weighted by molar-refractivity contribution is 8.01. The summed E-state index contributed by atoms with van der Waals surface area (Å²) in [7, 11) is -3.41. The summed E-state index contributed by atoms with van der Waals surface area (Å²) >= 11 is 1.11. The van der Waals surface area contributed by atoms with Crippen molar-refractivity contribution in [3.63, 3.8) is 0 Å². The Hall–Kier alpha value is -1.54. The van der Waals surface area contributed by atoms with Gasteiger partial charge in [0.05, 0.1) is 15.9 Å². The first kappa shape index (κ1) is 21.5. The van der Waals surface area contributed by atoms with Crippen molar-refractivity contribution in [3.05, 3.63) is 24.3 Å². The fourth-order valence-corrected chi connectivity index (χ4v) is 5.05. The lowest BCUT2D eigenvalue weighted by Gasteiger charge is -2.21. The Labute approximate surface area is 153 Å². The zero-order valence-corrected chi connectivity index (χ0v) is 16.5. The van der Waals surface area contributed by atoms with Gasteiger partial charge in [-0.05, 0) is 31.4 Å². The van der Waals surface area contributed by atoms with Crippen LogP contribution in [-0.4, -0.2) is 42.4 Å². The first-order valence-electron chi connectivity index (χ1n) is 8.11. The highest BCUT2D eigenvalue weighted by Gasteiger charge is 2.27. The van der Waals surface area contributed by atoms with E-state index in [0.29, 0.717) is 11.3 Å². The van der Waals surface area contributed by atoms with Gasteiger partial charge in [0.15, 0.2) is 9.84 Å². The Bertz CT molecular complexity index is 716. The SMILES string of the molecule is CCCS(=O)(=O)c1ccccc1SC(C)C(=O)N[C@@H](C(=O)O)C(C)C. The molecule has 1 unspecified atom stereocenters. The Morgan fingerprint density at radius 1 is 1.20 bits per heavy atom. The summed E-state index contributed by atoms with van der Waals surface area (Å²) in [6.45, 7) is 6.84. The summed E-state index contributed by atoms with van der Waals surface area (Å²) in [5.74, 6) is -1.74. The molecule has 25 heavy (non-hydrogen) atoms. The standard InChI is InChI=1S/C17H25NO5S2/c1-5-10-25(22,23)14-9-7-6-8-13(14)24-12(4)16(19)18-15(11(2)3)17(20)21/h6-9,11-12,15H,5,10H2,1-4H3,(H,18,19)(H,20,21)/t12?,15-/m1/s1. The number of hydrogen-bond donors (Lipinski definition) is 2. The smallest absolute Gasteiger partial charge is 0.326 e. The van der Waals surface area contributed by atoms with Gasteiger partial charge in [-0.3, -0.25) is 4.79 Å². The van der Waals surface area contributed by atoms with E-state index in [0.717, 1.165) is 11.8 Å². The molecule has 0 saturated heterocycles. The average molecular weight is 388 g/mol. The number of sulfone groups is 1. The van der Waals surface area contributed by atoms with Gasteiger partial charge in [-0.25, -0.2) is 13.2 Å². The molecule has 0 bridgehead atoms. The van der Waals surface area contributed by atoms with Crippen LogP contribution in [0.2, 0.25) is 0 Å². The van der Waals surface area contributed by atoms with Crippen LogP contribution in [0.15, 0.2) is 34.1 Å². The van der Waals surface area contributed by atoms with Crippen LogP contribution in [0, 0.1) is 5.92 Å². The molecule has 0 fully saturated rings. The lowest BCUT2D eigenvalue weighted by Crippen LogP contribution is -2.46. The molecule has 0 aromatic heterocycles. The Kier molecular flexibility index (Phi) is 7.95. The topological polar surface area (TPSA) is 101 Å². The van der Waals surface area contributed by atoms with Crippen molar-refractivity contribution in [2.75, 3.05) is 5.75 Å². The van der Waals surface area contributed by atoms with Gasteiger partial charge in [0.2, 0.25) is 5.91 Å². The number of thioether (sulfide) groups is 1. The van der Waals surface area contributed by atoms with Crippen LogP contribution in [0.5, 0.6) is 0 Å². The van der Waals surface area contributed by atoms with E-state index in [9.17, 15) is 23.1 Å². The number of nitrogens with one attached hydrogen (secondary N) is 1. The van der Waals surface area contributed by atoms with Gasteiger partial charge in [-0.15, -0.1) is 11.8 Å². The summed E-state index contributed by atoms with van der Waals surface area (Å²) in [6.07, 6.45) is 0.506. The molecule has 0 spiro atoms. The molecule has 1 rings (SSSR count). The first-order chi connectivity index (χ1) is 11.6. The van der Waals surface area contributed by atoms with Gasteiger partial charge in [-0.1, -0.05) is 32.9 Å². The molecule has 0 saturated carbocycles. The maximum absolute atomic E-state index is 12.4. The summed E-state index contributed by atoms with van der Waals surface area (Å²) in [4.78, 5) is 24.2. The molecule has 2 atom stereocenters. The molecular formula is C17H25NO5S2. The maximum atomic E-state index is 12.4. The second-order valence-electron chi connectivity index (χ2n) is 6.09. The number of benzene rings is 1. The third-order valence-electron chi connectivity index (χ3n) is 3.56. The summed E-state index contributed by atoms with van der Waals surface area (Å²) in [6, 6.07) is 5.58. The van der Waals surface area contributed by atoms with Crippen LogP contribution in [-0.2, 0) is 19.4 Å². The molecule has 1 aromatic carbocycles. The maximum Gasteiger partial charge on any atom is 0.326 e. The minimum atomic E-state index is -3.41. The lowest BCUT2D eigenvalue weighted by molar-refractivity contribution is -0.143. The predicted molar refractivity (Wildman–Crippen MR) is 98.5 cm³/mol. The quantitative estimate of drug-likeness (QED) is 0.632. The number of carbonyl (C=O) groups is 2. The normalized spacial score (nSPS) is 14.1. The predicted octanol–water partition coefficient (Wildman–Crippen LogP) is 2.58. The van der Waals surface area contributed by atoms with E-state index in [1.165, 1.54) is 6.07 Å². The van der Waals surface area contributed by atoms with Crippen LogP contribution in [0.25, 0.3) is 0 Å². The summed E-state index contributed by atoms with van der Waals surface area (Å²) < 4.78 is 24.7. The van der Waals surface area contributed by atoms with E-state index in [-0.39, 0.29) is 16.6 Å². The van der Waals surface area contributed by atoms with Crippen molar-refractivity contribution in [1.29, 1.82) is 0 Å². The highest BCUT2D eigenvalue weighted by Crippen LogP contribution is 2.30. The Balaban J connectivity index is 2.96. The minimum Gasteiger partial charge on any atom is -0.480 e. The van der Waals surface area contributed by atoms with E-state index < -0.39 is 33.0 Å². The van der Waals surface area contributed by atoms with Crippen LogP contribution < -0.4 is 5.32 Å². The molecular weight excluding hydrogens is 362 g/mol. The molecule has 140 valence electrons. The minimum absolute atomic E-state index is 0.0413. The zero-order valence-electron chi connectivity index (χ0n) is 14.9. The molecule has 0 aliphatic rings. The van der Waals surface area contributed by atoms with Gasteiger partial charge in [-0.2, -0.15) is 0 Å². The monoisotopic (exact) mass is 387 g/mol. The van der Waals surface area contributed by atoms with E-state index in [2.05, 4.69) is 5.32 Å². The van der Waals surface area contributed by atoms with E-state index >= 15 is 0 Å². The van der Waals surface area contributed by atoms with E-state index in [1.54, 1.807) is 45.9 Å². The van der Waals surface area contributed by atoms with Crippen LogP contribution in [0.1, 0.15) is 34.1 Å². The van der Waals surface area contributed by atoms with Gasteiger partial charge in [0.1, 0.15) is 6.04 Å². The van der Waals surface area contributed by atoms with Crippen LogP contribution >= 0.6 is 11.8 Å². The second kappa shape index (κ2) is 9.24. The molecule has 8 heteroatoms. The van der Waals surface area contributed by atoms with Crippen molar-refractivity contribution in [2.45, 2.75) is 55.2 Å². The molecule has 0 aliphatic carbocycles. The molecule has 0 heterocycles. The highest BCUT2D eigenvalue weighted by atomic mass is 32.2. The fourth-order valence-electron chi connectivity index (χ4n) is 2.21. The molecule has 0 aliphatic heterocycles. The van der Waals surface area contributed by atoms with Gasteiger partial charge >= 0.3 is 5.97 Å². The van der Waals surface area contributed by atoms with Crippen molar-refractivity contribution in [2.24, 2.45) is 5.92 Å². The molecule has 6 nitrogen and oxygen atoms in total. The first-order valence-corrected chi connectivity index (χ1v) is 10.6. The number of rotatable bonds is 9. The summed E-state index contributed by atoms with van der Waals surface area (Å²) in [5.41, 5.74) is 0. The molecule has 2 N–H and O–H groups in total. The van der Waals surface area contributed by atoms with Crippen LogP contribution in [0.4, 0.5) is 0 Å². The van der Waals surface area contributed by atoms with Crippen molar-refractivity contribution in [1.82, 2.24) is 5.32 Å². The number of carboxylic acid groups (broad SMARTS) is 1. The van der Waals surface area contributed by atoms with Crippen molar-refractivity contribution < 1.29 is 23.1 Å². The zero-order chi connectivity index (χ0) is 19.2. The number of hydrogen-bond acceptors (Lipinski definition) is 5. The van der Waals surface area contributed by atoms with E-state index in [4.69, 9.17) is 0 Å². The number of aliphatic carboxylic acids is 1. The van der Waals surface area contributed by atoms with Crippen molar-refractivity contribution in [3.8, 4) is 0 Å².